The maximum absolute atomic E-state index is 12.3. The summed E-state index contributed by atoms with van der Waals surface area (Å²) < 4.78 is 5.83. The van der Waals surface area contributed by atoms with E-state index in [0.29, 0.717) is 22.8 Å². The van der Waals surface area contributed by atoms with Gasteiger partial charge in [0.1, 0.15) is 6.10 Å². The second kappa shape index (κ2) is 11.6. The van der Waals surface area contributed by atoms with Gasteiger partial charge in [0.15, 0.2) is 0 Å². The van der Waals surface area contributed by atoms with Gasteiger partial charge in [-0.2, -0.15) is 0 Å². The lowest BCUT2D eigenvalue weighted by molar-refractivity contribution is -0.139. The smallest absolute Gasteiger partial charge is 0.334 e. The van der Waals surface area contributed by atoms with E-state index in [0.717, 1.165) is 44.1 Å². The molecule has 4 aliphatic rings. The number of aliphatic hydroxyl groups is 1. The van der Waals surface area contributed by atoms with Gasteiger partial charge in [-0.25, -0.2) is 4.79 Å². The van der Waals surface area contributed by atoms with Crippen LogP contribution in [0.5, 0.6) is 0 Å². The van der Waals surface area contributed by atoms with E-state index in [9.17, 15) is 9.90 Å². The lowest BCUT2D eigenvalue weighted by Gasteiger charge is -2.42. The molecule has 4 fully saturated rings. The molecule has 0 aromatic carbocycles. The van der Waals surface area contributed by atoms with Crippen LogP contribution in [0.3, 0.4) is 0 Å². The molecule has 0 amide bonds. The van der Waals surface area contributed by atoms with Crippen LogP contribution in [-0.2, 0) is 9.53 Å². The molecular weight excluding hydrogens is 432 g/mol. The number of ether oxygens (including phenoxy) is 1. The number of cyclic esters (lactones) is 1. The van der Waals surface area contributed by atoms with Gasteiger partial charge in [0.2, 0.25) is 0 Å². The van der Waals surface area contributed by atoms with Crippen molar-refractivity contribution in [2.45, 2.75) is 122 Å². The van der Waals surface area contributed by atoms with Crippen LogP contribution in [0.15, 0.2) is 47.6 Å². The number of hydrogen-bond acceptors (Lipinski definition) is 3. The fourth-order valence-electron chi connectivity index (χ4n) is 7.70. The summed E-state index contributed by atoms with van der Waals surface area (Å²) in [5, 5.41) is 10.2. The Labute approximate surface area is 213 Å². The quantitative estimate of drug-likeness (QED) is 0.206. The molecule has 0 aromatic rings. The minimum absolute atomic E-state index is 0.0337. The van der Waals surface area contributed by atoms with Crippen LogP contribution in [0, 0.1) is 23.2 Å². The monoisotopic (exact) mass is 480 g/mol. The number of hydrogen-bond donors (Lipinski definition) is 1. The number of fused-ring (bicyclic) bond motifs is 1. The minimum atomic E-state index is -0.364. The Morgan fingerprint density at radius 2 is 1.83 bits per heavy atom. The van der Waals surface area contributed by atoms with Crippen molar-refractivity contribution in [3.05, 3.63) is 47.6 Å². The van der Waals surface area contributed by atoms with E-state index in [1.807, 2.05) is 0 Å². The number of aliphatic hydroxyl groups excluding tert-OH is 1. The summed E-state index contributed by atoms with van der Waals surface area (Å²) in [6, 6.07) is 0. The van der Waals surface area contributed by atoms with Crippen LogP contribution in [0.25, 0.3) is 0 Å². The molecule has 35 heavy (non-hydrogen) atoms. The first kappa shape index (κ1) is 26.5. The molecule has 1 heterocycles. The zero-order chi connectivity index (χ0) is 25.0. The Kier molecular flexibility index (Phi) is 8.79. The van der Waals surface area contributed by atoms with Crippen LogP contribution in [0.1, 0.15) is 110 Å². The molecule has 3 saturated carbocycles. The highest BCUT2D eigenvalue weighted by Gasteiger charge is 2.49. The number of carbonyl (C=O) groups is 1. The summed E-state index contributed by atoms with van der Waals surface area (Å²) in [4.78, 5) is 12.3. The van der Waals surface area contributed by atoms with Gasteiger partial charge in [0.25, 0.3) is 0 Å². The van der Waals surface area contributed by atoms with Crippen molar-refractivity contribution in [2.75, 3.05) is 0 Å². The van der Waals surface area contributed by atoms with E-state index in [2.05, 4.69) is 39.2 Å². The molecular formula is C32H48O3. The molecule has 4 rings (SSSR count). The van der Waals surface area contributed by atoms with Crippen LogP contribution in [0.4, 0.5) is 0 Å². The van der Waals surface area contributed by atoms with Crippen LogP contribution in [0.2, 0.25) is 0 Å². The topological polar surface area (TPSA) is 46.5 Å². The molecule has 3 heteroatoms. The van der Waals surface area contributed by atoms with Gasteiger partial charge in [-0.05, 0) is 99.0 Å². The number of unbranched alkanes of at least 4 members (excludes halogenated alkanes) is 3. The lowest BCUT2D eigenvalue weighted by atomic mass is 9.62. The predicted octanol–water partition coefficient (Wildman–Crippen LogP) is 8.01. The van der Waals surface area contributed by atoms with Gasteiger partial charge in [-0.15, -0.1) is 0 Å². The van der Waals surface area contributed by atoms with Gasteiger partial charge >= 0.3 is 5.97 Å². The molecule has 3 aliphatic carbocycles. The molecule has 1 aliphatic heterocycles. The third-order valence-corrected chi connectivity index (χ3v) is 9.98. The van der Waals surface area contributed by atoms with Gasteiger partial charge in [0.05, 0.1) is 6.10 Å². The summed E-state index contributed by atoms with van der Waals surface area (Å²) >= 11 is 0. The highest BCUT2D eigenvalue weighted by molar-refractivity contribution is 5.90. The Morgan fingerprint density at radius 1 is 1.00 bits per heavy atom. The van der Waals surface area contributed by atoms with E-state index < -0.39 is 0 Å². The van der Waals surface area contributed by atoms with Crippen molar-refractivity contribution in [3.8, 4) is 0 Å². The average molecular weight is 481 g/mol. The third kappa shape index (κ3) is 5.71. The summed E-state index contributed by atoms with van der Waals surface area (Å²) in [7, 11) is 0. The first-order valence-corrected chi connectivity index (χ1v) is 14.5. The fourth-order valence-corrected chi connectivity index (χ4v) is 7.70. The maximum Gasteiger partial charge on any atom is 0.334 e. The molecule has 0 bridgehead atoms. The number of esters is 1. The molecule has 1 saturated heterocycles. The van der Waals surface area contributed by atoms with Crippen molar-refractivity contribution < 1.29 is 14.6 Å². The van der Waals surface area contributed by atoms with E-state index >= 15 is 0 Å². The maximum atomic E-state index is 12.3. The first-order valence-electron chi connectivity index (χ1n) is 14.5. The summed E-state index contributed by atoms with van der Waals surface area (Å²) in [6.45, 7) is 13.0. The van der Waals surface area contributed by atoms with Crippen molar-refractivity contribution in [1.82, 2.24) is 0 Å². The van der Waals surface area contributed by atoms with Crippen molar-refractivity contribution in [1.29, 1.82) is 0 Å². The standard InChI is InChI=1S/C32H48O3/c1-5-6-7-8-13-27-23(3)31(34)35-30(27)20-18-26-17-19-28-25(12-10-21-32(26,28)4)16-15-24-11-9-14-29(33)22(24)2/h15-16,26-30,33H,2-3,5-14,17-21H2,1,4H3/b24-15-,25-16+. The van der Waals surface area contributed by atoms with Crippen molar-refractivity contribution >= 4 is 5.97 Å². The fraction of sp³-hybridized carbons (Fsp3) is 0.719. The SMILES string of the molecule is C=C1/C(=C\C=C2/CCCC3(C)C(CCC4OC(=O)C(=C)C4CCCCCC)CCC23)CCCC1O. The first-order chi connectivity index (χ1) is 16.8. The number of allylic oxidation sites excluding steroid dienone is 3. The van der Waals surface area contributed by atoms with E-state index in [4.69, 9.17) is 4.74 Å². The zero-order valence-electron chi connectivity index (χ0n) is 22.3. The van der Waals surface area contributed by atoms with E-state index in [1.165, 1.54) is 63.4 Å². The van der Waals surface area contributed by atoms with Gasteiger partial charge in [-0.1, -0.05) is 70.4 Å². The van der Waals surface area contributed by atoms with Gasteiger partial charge < -0.3 is 9.84 Å². The Hall–Kier alpha value is -1.61. The largest absolute Gasteiger partial charge is 0.458 e. The van der Waals surface area contributed by atoms with E-state index in [-0.39, 0.29) is 24.1 Å². The average Bonchev–Trinajstić information content (AvgIpc) is 3.32. The van der Waals surface area contributed by atoms with Crippen molar-refractivity contribution in [2.24, 2.45) is 23.2 Å². The Bertz CT molecular complexity index is 864. The molecule has 1 N–H and O–H groups in total. The summed E-state index contributed by atoms with van der Waals surface area (Å²) in [6.07, 6.45) is 21.7. The van der Waals surface area contributed by atoms with Gasteiger partial charge in [-0.3, -0.25) is 0 Å². The summed E-state index contributed by atoms with van der Waals surface area (Å²) in [5.74, 6) is 1.42. The Morgan fingerprint density at radius 3 is 2.63 bits per heavy atom. The summed E-state index contributed by atoms with van der Waals surface area (Å²) in [5.41, 5.74) is 4.84. The number of carbonyl (C=O) groups excluding carboxylic acids is 1. The zero-order valence-corrected chi connectivity index (χ0v) is 22.3. The molecule has 6 atom stereocenters. The highest BCUT2D eigenvalue weighted by Crippen LogP contribution is 2.59. The van der Waals surface area contributed by atoms with Gasteiger partial charge in [0, 0.05) is 11.5 Å². The van der Waals surface area contributed by atoms with Crippen molar-refractivity contribution in [3.63, 3.8) is 0 Å². The molecule has 3 nitrogen and oxygen atoms in total. The van der Waals surface area contributed by atoms with E-state index in [1.54, 1.807) is 5.57 Å². The normalized spacial score (nSPS) is 37.8. The highest BCUT2D eigenvalue weighted by atomic mass is 16.6. The van der Waals surface area contributed by atoms with Crippen LogP contribution in [-0.4, -0.2) is 23.3 Å². The molecule has 194 valence electrons. The minimum Gasteiger partial charge on any atom is -0.458 e. The second-order valence-corrected chi connectivity index (χ2v) is 12.1. The van der Waals surface area contributed by atoms with Crippen LogP contribution >= 0.6 is 0 Å². The molecule has 0 aromatic heterocycles. The molecule has 0 spiro atoms. The molecule has 6 unspecified atom stereocenters. The third-order valence-electron chi connectivity index (χ3n) is 9.98. The Balaban J connectivity index is 1.38. The number of rotatable bonds is 9. The predicted molar refractivity (Wildman–Crippen MR) is 144 cm³/mol. The lowest BCUT2D eigenvalue weighted by Crippen LogP contribution is -2.34. The molecule has 0 radical (unpaired) electrons. The second-order valence-electron chi connectivity index (χ2n) is 12.1. The van der Waals surface area contributed by atoms with Crippen LogP contribution < -0.4 is 0 Å².